The molecule has 8 heteroatoms. The third-order valence-electron chi connectivity index (χ3n) is 7.79. The van der Waals surface area contributed by atoms with E-state index in [2.05, 4.69) is 39.0 Å². The van der Waals surface area contributed by atoms with Gasteiger partial charge in [0.1, 0.15) is 29.7 Å². The Morgan fingerprint density at radius 1 is 0.923 bits per heavy atom. The minimum Gasteiger partial charge on any atom is -0.508 e. The van der Waals surface area contributed by atoms with Crippen LogP contribution in [0.2, 0.25) is 18.1 Å². The number of hydrogen-bond acceptors (Lipinski definition) is 5. The standard InChI is InChI=1S/C31H38F2N2O3Si/c1-31(2,3)39(4,5)38-30(22-6-9-24(32)10-7-22)19-8-23-20-34-35(26-13-11-25(33)12-14-26)29(23)21-37-28-17-15-27(36)16-18-28/h6-7,9-18,20,23,29-30,36H,8,19,21H2,1-5H3/t23-,29+,30+/m0/s1. The molecule has 39 heavy (non-hydrogen) atoms. The van der Waals surface area contributed by atoms with E-state index in [9.17, 15) is 13.9 Å². The second-order valence-electron chi connectivity index (χ2n) is 11.6. The minimum absolute atomic E-state index is 0.0278. The Hall–Kier alpha value is -3.23. The molecule has 0 spiro atoms. The highest BCUT2D eigenvalue weighted by Gasteiger charge is 2.40. The first kappa shape index (κ1) is 28.8. The maximum Gasteiger partial charge on any atom is 0.192 e. The topological polar surface area (TPSA) is 54.3 Å². The number of halogens is 2. The summed E-state index contributed by atoms with van der Waals surface area (Å²) in [6, 6.07) is 19.3. The summed E-state index contributed by atoms with van der Waals surface area (Å²) in [5, 5.41) is 16.2. The highest BCUT2D eigenvalue weighted by Crippen LogP contribution is 2.41. The molecular formula is C31H38F2N2O3Si. The highest BCUT2D eigenvalue weighted by molar-refractivity contribution is 6.74. The normalized spacial score (nSPS) is 18.4. The first-order valence-electron chi connectivity index (χ1n) is 13.4. The lowest BCUT2D eigenvalue weighted by molar-refractivity contribution is 0.163. The maximum atomic E-state index is 13.7. The Morgan fingerprint density at radius 2 is 1.51 bits per heavy atom. The molecule has 0 unspecified atom stereocenters. The van der Waals surface area contributed by atoms with Gasteiger partial charge in [-0.15, -0.1) is 0 Å². The van der Waals surface area contributed by atoms with Gasteiger partial charge >= 0.3 is 0 Å². The number of hydrogen-bond donors (Lipinski definition) is 1. The molecule has 1 heterocycles. The molecular weight excluding hydrogens is 514 g/mol. The summed E-state index contributed by atoms with van der Waals surface area (Å²) in [6.07, 6.45) is 3.24. The van der Waals surface area contributed by atoms with E-state index in [0.717, 1.165) is 24.1 Å². The van der Waals surface area contributed by atoms with Gasteiger partial charge < -0.3 is 14.3 Å². The molecule has 1 aliphatic rings. The minimum atomic E-state index is -2.11. The second kappa shape index (κ2) is 11.9. The van der Waals surface area contributed by atoms with Crippen molar-refractivity contribution in [1.82, 2.24) is 0 Å². The van der Waals surface area contributed by atoms with Crippen LogP contribution in [0.25, 0.3) is 0 Å². The van der Waals surface area contributed by atoms with Crippen molar-refractivity contribution < 1.29 is 23.1 Å². The zero-order valence-corrected chi connectivity index (χ0v) is 24.3. The molecule has 1 N–H and O–H groups in total. The van der Waals surface area contributed by atoms with Crippen LogP contribution in [0.4, 0.5) is 14.5 Å². The number of phenolic OH excluding ortho intramolecular Hbond substituents is 1. The van der Waals surface area contributed by atoms with Gasteiger partial charge in [-0.1, -0.05) is 32.9 Å². The van der Waals surface area contributed by atoms with Gasteiger partial charge in [0, 0.05) is 12.1 Å². The Labute approximate surface area is 231 Å². The zero-order valence-electron chi connectivity index (χ0n) is 23.3. The zero-order chi connectivity index (χ0) is 28.2. The Balaban J connectivity index is 1.54. The SMILES string of the molecule is CC(C)(C)[Si](C)(C)O[C@H](CC[C@H]1C=NN(c2ccc(F)cc2)[C@@H]1COc1ccc(O)cc1)c1ccc(F)cc1. The van der Waals surface area contributed by atoms with Crippen molar-refractivity contribution in [1.29, 1.82) is 0 Å². The van der Waals surface area contributed by atoms with Crippen LogP contribution in [-0.4, -0.2) is 32.3 Å². The van der Waals surface area contributed by atoms with Crippen LogP contribution in [0.15, 0.2) is 77.9 Å². The van der Waals surface area contributed by atoms with Crippen LogP contribution in [0, 0.1) is 17.6 Å². The van der Waals surface area contributed by atoms with Crippen molar-refractivity contribution in [2.75, 3.05) is 11.6 Å². The van der Waals surface area contributed by atoms with Crippen LogP contribution < -0.4 is 9.75 Å². The number of rotatable bonds is 10. The fraction of sp³-hybridized carbons (Fsp3) is 0.387. The van der Waals surface area contributed by atoms with E-state index in [0.29, 0.717) is 12.4 Å². The number of ether oxygens (including phenoxy) is 1. The number of aromatic hydroxyl groups is 1. The van der Waals surface area contributed by atoms with Crippen molar-refractivity contribution >= 4 is 20.2 Å². The van der Waals surface area contributed by atoms with Crippen molar-refractivity contribution in [3.05, 3.63) is 90.0 Å². The number of hydrazone groups is 1. The number of nitrogens with zero attached hydrogens (tertiary/aromatic N) is 2. The van der Waals surface area contributed by atoms with E-state index >= 15 is 0 Å². The molecule has 0 fully saturated rings. The summed E-state index contributed by atoms with van der Waals surface area (Å²) >= 11 is 0. The molecule has 0 aliphatic carbocycles. The quantitative estimate of drug-likeness (QED) is 0.258. The maximum absolute atomic E-state index is 13.7. The van der Waals surface area contributed by atoms with Crippen LogP contribution in [0.5, 0.6) is 11.5 Å². The predicted octanol–water partition coefficient (Wildman–Crippen LogP) is 8.08. The molecule has 5 nitrogen and oxygen atoms in total. The molecule has 1 aliphatic heterocycles. The molecule has 4 rings (SSSR count). The average Bonchev–Trinajstić information content (AvgIpc) is 3.29. The summed E-state index contributed by atoms with van der Waals surface area (Å²) in [7, 11) is -2.11. The van der Waals surface area contributed by atoms with Gasteiger partial charge in [0.15, 0.2) is 8.32 Å². The van der Waals surface area contributed by atoms with Gasteiger partial charge in [0.25, 0.3) is 0 Å². The van der Waals surface area contributed by atoms with Gasteiger partial charge in [0.05, 0.1) is 17.8 Å². The van der Waals surface area contributed by atoms with E-state index in [1.54, 1.807) is 36.4 Å². The van der Waals surface area contributed by atoms with Crippen molar-refractivity contribution in [3.8, 4) is 11.5 Å². The Bertz CT molecular complexity index is 1240. The first-order valence-corrected chi connectivity index (χ1v) is 16.3. The molecule has 3 aromatic carbocycles. The van der Waals surface area contributed by atoms with E-state index < -0.39 is 8.32 Å². The van der Waals surface area contributed by atoms with E-state index in [-0.39, 0.29) is 40.5 Å². The van der Waals surface area contributed by atoms with E-state index in [1.165, 1.54) is 24.3 Å². The summed E-state index contributed by atoms with van der Waals surface area (Å²) in [5.74, 6) is 0.279. The van der Waals surface area contributed by atoms with E-state index in [1.807, 2.05) is 23.4 Å². The van der Waals surface area contributed by atoms with Crippen LogP contribution >= 0.6 is 0 Å². The summed E-state index contributed by atoms with van der Waals surface area (Å²) in [6.45, 7) is 11.4. The second-order valence-corrected chi connectivity index (χ2v) is 16.4. The predicted molar refractivity (Wildman–Crippen MR) is 155 cm³/mol. The molecule has 208 valence electrons. The lowest BCUT2D eigenvalue weighted by Gasteiger charge is -2.40. The smallest absolute Gasteiger partial charge is 0.192 e. The fourth-order valence-electron chi connectivity index (χ4n) is 4.41. The van der Waals surface area contributed by atoms with Gasteiger partial charge in [-0.3, -0.25) is 5.01 Å². The fourth-order valence-corrected chi connectivity index (χ4v) is 5.73. The molecule has 0 aromatic heterocycles. The lowest BCUT2D eigenvalue weighted by Crippen LogP contribution is -2.42. The monoisotopic (exact) mass is 552 g/mol. The molecule has 0 radical (unpaired) electrons. The molecule has 0 amide bonds. The average molecular weight is 553 g/mol. The summed E-state index contributed by atoms with van der Waals surface area (Å²) in [5.41, 5.74) is 1.74. The summed E-state index contributed by atoms with van der Waals surface area (Å²) in [4.78, 5) is 0. The van der Waals surface area contributed by atoms with Gasteiger partial charge in [-0.05, 0) is 97.2 Å². The number of anilines is 1. The summed E-state index contributed by atoms with van der Waals surface area (Å²) < 4.78 is 40.3. The highest BCUT2D eigenvalue weighted by atomic mass is 28.4. The largest absolute Gasteiger partial charge is 0.508 e. The van der Waals surface area contributed by atoms with Gasteiger partial charge in [-0.25, -0.2) is 8.78 Å². The van der Waals surface area contributed by atoms with Gasteiger partial charge in [-0.2, -0.15) is 5.10 Å². The number of phenols is 1. The first-order chi connectivity index (χ1) is 18.4. The van der Waals surface area contributed by atoms with Crippen LogP contribution in [-0.2, 0) is 4.43 Å². The molecule has 0 saturated carbocycles. The molecule has 0 saturated heterocycles. The third kappa shape index (κ3) is 7.25. The van der Waals surface area contributed by atoms with Crippen molar-refractivity contribution in [3.63, 3.8) is 0 Å². The number of benzene rings is 3. The Kier molecular flexibility index (Phi) is 8.76. The molecule has 3 aromatic rings. The van der Waals surface area contributed by atoms with Crippen LogP contribution in [0.3, 0.4) is 0 Å². The lowest BCUT2D eigenvalue weighted by atomic mass is 9.93. The van der Waals surface area contributed by atoms with Crippen molar-refractivity contribution in [2.45, 2.75) is 63.9 Å². The van der Waals surface area contributed by atoms with E-state index in [4.69, 9.17) is 9.16 Å². The molecule has 3 atom stereocenters. The third-order valence-corrected chi connectivity index (χ3v) is 12.3. The van der Waals surface area contributed by atoms with Gasteiger partial charge in [0.2, 0.25) is 0 Å². The van der Waals surface area contributed by atoms with Crippen LogP contribution in [0.1, 0.15) is 45.3 Å². The van der Waals surface area contributed by atoms with Crippen molar-refractivity contribution in [2.24, 2.45) is 11.0 Å². The Morgan fingerprint density at radius 3 is 2.10 bits per heavy atom. The molecule has 0 bridgehead atoms.